The maximum absolute atomic E-state index is 12.6. The molecule has 1 heterocycles. The number of ether oxygens (including phenoxy) is 1. The molecule has 7 nitrogen and oxygen atoms in total. The molecule has 1 aliphatic rings. The largest absolute Gasteiger partial charge is 0.438 e. The van der Waals surface area contributed by atoms with Crippen LogP contribution in [-0.2, 0) is 9.59 Å². The van der Waals surface area contributed by atoms with Crippen molar-refractivity contribution in [1.82, 2.24) is 15.3 Å². The average Bonchev–Trinajstić information content (AvgIpc) is 3.16. The van der Waals surface area contributed by atoms with Gasteiger partial charge in [0.2, 0.25) is 17.7 Å². The van der Waals surface area contributed by atoms with E-state index in [0.29, 0.717) is 17.3 Å². The molecule has 0 saturated heterocycles. The van der Waals surface area contributed by atoms with E-state index >= 15 is 0 Å². The standard InChI is InChI=1S/C19H22N4O3/c1-13(24)22-18(14-4-2-3-5-14)19(25)23-15-6-8-16(9-7-15)26-17-12-20-10-11-21-17/h6-12,14,18H,2-5H2,1H3,(H,22,24)(H,23,25). The lowest BCUT2D eigenvalue weighted by Gasteiger charge is -2.23. The highest BCUT2D eigenvalue weighted by Gasteiger charge is 2.31. The minimum atomic E-state index is -0.495. The van der Waals surface area contributed by atoms with Crippen LogP contribution in [0.15, 0.2) is 42.9 Å². The molecule has 0 radical (unpaired) electrons. The number of hydrogen-bond donors (Lipinski definition) is 2. The molecule has 2 N–H and O–H groups in total. The highest BCUT2D eigenvalue weighted by atomic mass is 16.5. The molecule has 1 aliphatic carbocycles. The van der Waals surface area contributed by atoms with Gasteiger partial charge in [-0.2, -0.15) is 0 Å². The zero-order valence-corrected chi connectivity index (χ0v) is 14.6. The van der Waals surface area contributed by atoms with E-state index in [9.17, 15) is 9.59 Å². The first-order valence-electron chi connectivity index (χ1n) is 8.74. The van der Waals surface area contributed by atoms with Crippen molar-refractivity contribution in [2.24, 2.45) is 5.92 Å². The van der Waals surface area contributed by atoms with E-state index in [1.807, 2.05) is 0 Å². The van der Waals surface area contributed by atoms with Gasteiger partial charge in [-0.1, -0.05) is 12.8 Å². The van der Waals surface area contributed by atoms with Crippen molar-refractivity contribution in [3.8, 4) is 11.6 Å². The van der Waals surface area contributed by atoms with Crippen LogP contribution in [0.2, 0.25) is 0 Å². The average molecular weight is 354 g/mol. The summed E-state index contributed by atoms with van der Waals surface area (Å²) >= 11 is 0. The van der Waals surface area contributed by atoms with Crippen LogP contribution in [-0.4, -0.2) is 27.8 Å². The number of carbonyl (C=O) groups excluding carboxylic acids is 2. The molecule has 0 spiro atoms. The number of anilines is 1. The fourth-order valence-electron chi connectivity index (χ4n) is 3.19. The fraction of sp³-hybridized carbons (Fsp3) is 0.368. The number of nitrogens with zero attached hydrogens (tertiary/aromatic N) is 2. The number of amides is 2. The molecule has 136 valence electrons. The molecular formula is C19H22N4O3. The second-order valence-corrected chi connectivity index (χ2v) is 6.38. The smallest absolute Gasteiger partial charge is 0.247 e. The molecule has 1 unspecified atom stereocenters. The van der Waals surface area contributed by atoms with E-state index in [0.717, 1.165) is 25.7 Å². The SMILES string of the molecule is CC(=O)NC(C(=O)Nc1ccc(Oc2cnccn2)cc1)C1CCCC1. The third-order valence-corrected chi connectivity index (χ3v) is 4.40. The molecule has 0 aliphatic heterocycles. The summed E-state index contributed by atoms with van der Waals surface area (Å²) in [5.74, 6) is 0.812. The van der Waals surface area contributed by atoms with Crippen molar-refractivity contribution in [3.63, 3.8) is 0 Å². The maximum Gasteiger partial charge on any atom is 0.247 e. The molecule has 7 heteroatoms. The summed E-state index contributed by atoms with van der Waals surface area (Å²) in [6.07, 6.45) is 8.77. The van der Waals surface area contributed by atoms with Crippen molar-refractivity contribution >= 4 is 17.5 Å². The molecule has 3 rings (SSSR count). The maximum atomic E-state index is 12.6. The number of carbonyl (C=O) groups is 2. The molecule has 1 aromatic heterocycles. The van der Waals surface area contributed by atoms with Gasteiger partial charge in [-0.15, -0.1) is 0 Å². The Morgan fingerprint density at radius 3 is 2.50 bits per heavy atom. The topological polar surface area (TPSA) is 93.2 Å². The Balaban J connectivity index is 1.63. The van der Waals surface area contributed by atoms with Crippen LogP contribution in [0.25, 0.3) is 0 Å². The minimum absolute atomic E-state index is 0.185. The van der Waals surface area contributed by atoms with Crippen molar-refractivity contribution in [2.75, 3.05) is 5.32 Å². The summed E-state index contributed by atoms with van der Waals surface area (Å²) in [7, 11) is 0. The number of nitrogens with one attached hydrogen (secondary N) is 2. The first-order valence-corrected chi connectivity index (χ1v) is 8.74. The van der Waals surface area contributed by atoms with Crippen LogP contribution < -0.4 is 15.4 Å². The van der Waals surface area contributed by atoms with Crippen LogP contribution in [0.3, 0.4) is 0 Å². The first kappa shape index (κ1) is 17.8. The Morgan fingerprint density at radius 1 is 1.15 bits per heavy atom. The van der Waals surface area contributed by atoms with Gasteiger partial charge in [0.05, 0.1) is 6.20 Å². The van der Waals surface area contributed by atoms with Crippen LogP contribution in [0.4, 0.5) is 5.69 Å². The Bertz CT molecular complexity index is 743. The molecular weight excluding hydrogens is 332 g/mol. The fourth-order valence-corrected chi connectivity index (χ4v) is 3.19. The molecule has 1 aromatic carbocycles. The quantitative estimate of drug-likeness (QED) is 0.832. The van der Waals surface area contributed by atoms with Gasteiger partial charge in [0.15, 0.2) is 0 Å². The predicted molar refractivity (Wildman–Crippen MR) is 96.7 cm³/mol. The van der Waals surface area contributed by atoms with Crippen LogP contribution in [0.1, 0.15) is 32.6 Å². The van der Waals surface area contributed by atoms with E-state index in [4.69, 9.17) is 4.74 Å². The summed E-state index contributed by atoms with van der Waals surface area (Å²) in [4.78, 5) is 32.1. The Morgan fingerprint density at radius 2 is 1.88 bits per heavy atom. The zero-order chi connectivity index (χ0) is 18.4. The van der Waals surface area contributed by atoms with Crippen molar-refractivity contribution < 1.29 is 14.3 Å². The summed E-state index contributed by atoms with van der Waals surface area (Å²) in [5.41, 5.74) is 0.648. The van der Waals surface area contributed by atoms with Crippen LogP contribution in [0.5, 0.6) is 11.6 Å². The molecule has 2 aromatic rings. The van der Waals surface area contributed by atoms with Gasteiger partial charge in [0.25, 0.3) is 0 Å². The third kappa shape index (κ3) is 4.78. The van der Waals surface area contributed by atoms with Crippen molar-refractivity contribution in [2.45, 2.75) is 38.6 Å². The predicted octanol–water partition coefficient (Wildman–Crippen LogP) is 2.90. The van der Waals surface area contributed by atoms with Gasteiger partial charge in [-0.05, 0) is 43.0 Å². The normalized spacial score (nSPS) is 15.3. The lowest BCUT2D eigenvalue weighted by Crippen LogP contribution is -2.47. The van der Waals surface area contributed by atoms with E-state index in [1.54, 1.807) is 36.7 Å². The highest BCUT2D eigenvalue weighted by Crippen LogP contribution is 2.28. The monoisotopic (exact) mass is 354 g/mol. The van der Waals surface area contributed by atoms with E-state index in [1.165, 1.54) is 13.1 Å². The van der Waals surface area contributed by atoms with Gasteiger partial charge in [-0.3, -0.25) is 14.6 Å². The number of aromatic nitrogens is 2. The Kier molecular flexibility index (Phi) is 5.78. The van der Waals surface area contributed by atoms with Crippen LogP contribution in [0, 0.1) is 5.92 Å². The lowest BCUT2D eigenvalue weighted by atomic mass is 9.97. The third-order valence-electron chi connectivity index (χ3n) is 4.40. The second kappa shape index (κ2) is 8.42. The van der Waals surface area contributed by atoms with Crippen molar-refractivity contribution in [3.05, 3.63) is 42.9 Å². The van der Waals surface area contributed by atoms with Gasteiger partial charge in [-0.25, -0.2) is 4.98 Å². The van der Waals surface area contributed by atoms with E-state index < -0.39 is 6.04 Å². The first-order chi connectivity index (χ1) is 12.6. The summed E-state index contributed by atoms with van der Waals surface area (Å²) in [6.45, 7) is 1.44. The van der Waals surface area contributed by atoms with Gasteiger partial charge >= 0.3 is 0 Å². The molecule has 1 atom stereocenters. The minimum Gasteiger partial charge on any atom is -0.438 e. The zero-order valence-electron chi connectivity index (χ0n) is 14.6. The molecule has 0 bridgehead atoms. The summed E-state index contributed by atoms with van der Waals surface area (Å²) in [5, 5.41) is 5.67. The van der Waals surface area contributed by atoms with Crippen LogP contribution >= 0.6 is 0 Å². The number of hydrogen-bond acceptors (Lipinski definition) is 5. The number of rotatable bonds is 6. The molecule has 26 heavy (non-hydrogen) atoms. The Hall–Kier alpha value is -2.96. The second-order valence-electron chi connectivity index (χ2n) is 6.38. The number of benzene rings is 1. The summed E-state index contributed by atoms with van der Waals surface area (Å²) in [6, 6.07) is 6.50. The van der Waals surface area contributed by atoms with E-state index in [-0.39, 0.29) is 17.7 Å². The lowest BCUT2D eigenvalue weighted by molar-refractivity contribution is -0.126. The molecule has 1 saturated carbocycles. The molecule has 1 fully saturated rings. The Labute approximate surface area is 152 Å². The van der Waals surface area contributed by atoms with E-state index in [2.05, 4.69) is 20.6 Å². The molecule has 2 amide bonds. The highest BCUT2D eigenvalue weighted by molar-refractivity contribution is 5.97. The van der Waals surface area contributed by atoms with Gasteiger partial charge < -0.3 is 15.4 Å². The summed E-state index contributed by atoms with van der Waals surface area (Å²) < 4.78 is 5.58. The van der Waals surface area contributed by atoms with Gasteiger partial charge in [0, 0.05) is 25.0 Å². The van der Waals surface area contributed by atoms with Gasteiger partial charge in [0.1, 0.15) is 11.8 Å². The van der Waals surface area contributed by atoms with Crippen molar-refractivity contribution in [1.29, 1.82) is 0 Å².